The van der Waals surface area contributed by atoms with Crippen molar-refractivity contribution in [2.45, 2.75) is 23.8 Å². The lowest BCUT2D eigenvalue weighted by Gasteiger charge is -2.21. The van der Waals surface area contributed by atoms with E-state index >= 15 is 0 Å². The molecule has 1 N–H and O–H groups in total. The third-order valence-corrected chi connectivity index (χ3v) is 5.21. The highest BCUT2D eigenvalue weighted by Crippen LogP contribution is 2.33. The van der Waals surface area contributed by atoms with Gasteiger partial charge in [-0.25, -0.2) is 12.8 Å². The molecule has 1 aliphatic carbocycles. The van der Waals surface area contributed by atoms with E-state index in [0.717, 1.165) is 18.9 Å². The first kappa shape index (κ1) is 13.9. The predicted molar refractivity (Wildman–Crippen MR) is 68.1 cm³/mol. The van der Waals surface area contributed by atoms with Gasteiger partial charge in [0.15, 0.2) is 0 Å². The molecule has 0 spiro atoms. The van der Waals surface area contributed by atoms with E-state index < -0.39 is 15.8 Å². The van der Waals surface area contributed by atoms with E-state index in [1.54, 1.807) is 0 Å². The third kappa shape index (κ3) is 2.74. The van der Waals surface area contributed by atoms with Crippen molar-refractivity contribution in [2.75, 3.05) is 13.2 Å². The van der Waals surface area contributed by atoms with Crippen LogP contribution in [0.5, 0.6) is 0 Å². The predicted octanol–water partition coefficient (Wildman–Crippen LogP) is 1.73. The molecule has 7 heteroatoms. The molecule has 1 fully saturated rings. The summed E-state index contributed by atoms with van der Waals surface area (Å²) in [5.41, 5.74) is 0. The zero-order valence-corrected chi connectivity index (χ0v) is 11.9. The van der Waals surface area contributed by atoms with Gasteiger partial charge in [0.2, 0.25) is 10.0 Å². The summed E-state index contributed by atoms with van der Waals surface area (Å²) in [4.78, 5) is -0.350. The minimum absolute atomic E-state index is 0.00104. The largest absolute Gasteiger partial charge is 0.395 e. The van der Waals surface area contributed by atoms with Crippen molar-refractivity contribution < 1.29 is 17.9 Å². The van der Waals surface area contributed by atoms with Gasteiger partial charge in [-0.3, -0.25) is 0 Å². The van der Waals surface area contributed by atoms with Gasteiger partial charge in [-0.15, -0.1) is 0 Å². The molecule has 0 saturated heterocycles. The summed E-state index contributed by atoms with van der Waals surface area (Å²) in [6, 6.07) is 3.70. The van der Waals surface area contributed by atoms with Gasteiger partial charge in [0, 0.05) is 17.1 Å². The van der Waals surface area contributed by atoms with E-state index in [1.165, 1.54) is 16.4 Å². The number of hydrogen-bond donors (Lipinski definition) is 1. The van der Waals surface area contributed by atoms with E-state index in [1.807, 2.05) is 0 Å². The lowest BCUT2D eigenvalue weighted by molar-refractivity contribution is 0.250. The van der Waals surface area contributed by atoms with Crippen molar-refractivity contribution in [3.8, 4) is 0 Å². The molecule has 4 nitrogen and oxygen atoms in total. The molecule has 1 aliphatic rings. The second kappa shape index (κ2) is 5.24. The average molecular weight is 338 g/mol. The Morgan fingerprint density at radius 3 is 2.67 bits per heavy atom. The summed E-state index contributed by atoms with van der Waals surface area (Å²) in [5, 5.41) is 8.94. The molecule has 18 heavy (non-hydrogen) atoms. The van der Waals surface area contributed by atoms with Crippen LogP contribution in [0.3, 0.4) is 0 Å². The average Bonchev–Trinajstić information content (AvgIpc) is 3.13. The summed E-state index contributed by atoms with van der Waals surface area (Å²) < 4.78 is 40.0. The van der Waals surface area contributed by atoms with Gasteiger partial charge in [-0.1, -0.05) is 15.9 Å². The Bertz CT molecular complexity index is 545. The summed E-state index contributed by atoms with van der Waals surface area (Å²) in [6.45, 7) is -0.274. The van der Waals surface area contributed by atoms with Gasteiger partial charge in [0.1, 0.15) is 10.7 Å². The highest BCUT2D eigenvalue weighted by atomic mass is 79.9. The number of sulfonamides is 1. The Labute approximate surface area is 114 Å². The van der Waals surface area contributed by atoms with E-state index in [9.17, 15) is 12.8 Å². The first-order valence-corrected chi connectivity index (χ1v) is 7.78. The fraction of sp³-hybridized carbons (Fsp3) is 0.455. The fourth-order valence-corrected chi connectivity index (χ4v) is 4.04. The number of halogens is 2. The van der Waals surface area contributed by atoms with Crippen molar-refractivity contribution in [3.05, 3.63) is 28.5 Å². The second-order valence-corrected chi connectivity index (χ2v) is 6.92. The van der Waals surface area contributed by atoms with Crippen molar-refractivity contribution in [1.82, 2.24) is 4.31 Å². The first-order valence-electron chi connectivity index (χ1n) is 5.54. The van der Waals surface area contributed by atoms with Gasteiger partial charge in [-0.05, 0) is 31.0 Å². The highest BCUT2D eigenvalue weighted by Gasteiger charge is 2.38. The van der Waals surface area contributed by atoms with Gasteiger partial charge in [0.25, 0.3) is 0 Å². The van der Waals surface area contributed by atoms with Crippen molar-refractivity contribution in [3.63, 3.8) is 0 Å². The monoisotopic (exact) mass is 337 g/mol. The minimum Gasteiger partial charge on any atom is -0.395 e. The van der Waals surface area contributed by atoms with Crippen LogP contribution in [0.1, 0.15) is 12.8 Å². The quantitative estimate of drug-likeness (QED) is 0.890. The number of benzene rings is 1. The number of hydrogen-bond acceptors (Lipinski definition) is 3. The number of aliphatic hydroxyl groups is 1. The Hall–Kier alpha value is -0.500. The molecular weight excluding hydrogens is 325 g/mol. The number of aliphatic hydroxyl groups excluding tert-OH is 1. The van der Waals surface area contributed by atoms with E-state index in [-0.39, 0.29) is 24.1 Å². The third-order valence-electron chi connectivity index (χ3n) is 2.75. The molecule has 1 aromatic rings. The maximum Gasteiger partial charge on any atom is 0.246 e. The van der Waals surface area contributed by atoms with Crippen LogP contribution in [0.25, 0.3) is 0 Å². The molecule has 0 amide bonds. The van der Waals surface area contributed by atoms with Crippen LogP contribution in [-0.2, 0) is 10.0 Å². The Morgan fingerprint density at radius 2 is 2.11 bits per heavy atom. The van der Waals surface area contributed by atoms with Crippen LogP contribution in [0.15, 0.2) is 27.6 Å². The molecule has 0 radical (unpaired) electrons. The lowest BCUT2D eigenvalue weighted by atomic mass is 10.3. The zero-order valence-electron chi connectivity index (χ0n) is 9.51. The smallest absolute Gasteiger partial charge is 0.246 e. The van der Waals surface area contributed by atoms with Gasteiger partial charge >= 0.3 is 0 Å². The number of nitrogens with zero attached hydrogens (tertiary/aromatic N) is 1. The van der Waals surface area contributed by atoms with Crippen LogP contribution >= 0.6 is 15.9 Å². The van der Waals surface area contributed by atoms with Crippen LogP contribution < -0.4 is 0 Å². The van der Waals surface area contributed by atoms with Crippen molar-refractivity contribution in [2.24, 2.45) is 0 Å². The van der Waals surface area contributed by atoms with Crippen molar-refractivity contribution in [1.29, 1.82) is 0 Å². The maximum atomic E-state index is 13.7. The highest BCUT2D eigenvalue weighted by molar-refractivity contribution is 9.10. The van der Waals surface area contributed by atoms with E-state index in [2.05, 4.69) is 15.9 Å². The van der Waals surface area contributed by atoms with E-state index in [4.69, 9.17) is 5.11 Å². The Balaban J connectivity index is 2.42. The van der Waals surface area contributed by atoms with Crippen LogP contribution in [-0.4, -0.2) is 37.0 Å². The van der Waals surface area contributed by atoms with Gasteiger partial charge in [-0.2, -0.15) is 4.31 Å². The second-order valence-electron chi connectivity index (χ2n) is 4.15. The molecule has 100 valence electrons. The molecule has 1 aromatic carbocycles. The molecule has 0 heterocycles. The van der Waals surface area contributed by atoms with E-state index in [0.29, 0.717) is 4.47 Å². The standard InChI is InChI=1S/C11H13BrFNO3S/c12-8-1-4-10(13)11(7-8)18(16,17)14(5-6-15)9-2-3-9/h1,4,7,9,15H,2-3,5-6H2. The summed E-state index contributed by atoms with van der Waals surface area (Å²) in [6.07, 6.45) is 1.52. The van der Waals surface area contributed by atoms with Crippen molar-refractivity contribution >= 4 is 26.0 Å². The molecule has 0 bridgehead atoms. The number of rotatable bonds is 5. The van der Waals surface area contributed by atoms with Crippen LogP contribution in [0.4, 0.5) is 4.39 Å². The zero-order chi connectivity index (χ0) is 13.3. The molecule has 0 aromatic heterocycles. The first-order chi connectivity index (χ1) is 8.46. The minimum atomic E-state index is -3.88. The van der Waals surface area contributed by atoms with Crippen LogP contribution in [0.2, 0.25) is 0 Å². The summed E-state index contributed by atoms with van der Waals surface area (Å²) in [5.74, 6) is -0.776. The Kier molecular flexibility index (Phi) is 4.05. The van der Waals surface area contributed by atoms with Gasteiger partial charge < -0.3 is 5.11 Å². The Morgan fingerprint density at radius 1 is 1.44 bits per heavy atom. The molecule has 0 atom stereocenters. The normalized spacial score (nSPS) is 16.2. The molecule has 0 aliphatic heterocycles. The lowest BCUT2D eigenvalue weighted by Crippen LogP contribution is -2.36. The fourth-order valence-electron chi connectivity index (χ4n) is 1.76. The summed E-state index contributed by atoms with van der Waals surface area (Å²) >= 11 is 3.13. The molecule has 1 saturated carbocycles. The molecule has 2 rings (SSSR count). The topological polar surface area (TPSA) is 57.6 Å². The molecular formula is C11H13BrFNO3S. The van der Waals surface area contributed by atoms with Gasteiger partial charge in [0.05, 0.1) is 6.61 Å². The SMILES string of the molecule is O=S(=O)(c1cc(Br)ccc1F)N(CCO)C1CC1. The maximum absolute atomic E-state index is 13.7. The molecule has 0 unspecified atom stereocenters. The summed E-state index contributed by atoms with van der Waals surface area (Å²) in [7, 11) is -3.88. The van der Waals surface area contributed by atoms with Crippen LogP contribution in [0, 0.1) is 5.82 Å².